The highest BCUT2D eigenvalue weighted by Crippen LogP contribution is 2.72. The van der Waals surface area contributed by atoms with E-state index in [1.807, 2.05) is 72.6 Å². The van der Waals surface area contributed by atoms with E-state index in [-0.39, 0.29) is 34.1 Å². The predicted octanol–water partition coefficient (Wildman–Crippen LogP) is 12.6. The average molecular weight is 1080 g/mol. The molecule has 4 bridgehead atoms. The minimum Gasteiger partial charge on any atom is -0.497 e. The third-order valence-electron chi connectivity index (χ3n) is 15.8. The zero-order valence-electron chi connectivity index (χ0n) is 47.0. The summed E-state index contributed by atoms with van der Waals surface area (Å²) in [5.74, 6) is 1.71. The second kappa shape index (κ2) is 23.2. The van der Waals surface area contributed by atoms with E-state index < -0.39 is 14.0 Å². The van der Waals surface area contributed by atoms with E-state index in [9.17, 15) is 4.79 Å². The standard InChI is InChI=1S/C58H78N12O5SSi/c1-41-30-50(64-65-52(41)63-54-69(40-73-28-29-77(8,9)10)47-16-12-13-17-48(47)76-54)68(25-15-11-14-24-60-66-59)49-23-22-45(51(62-49)53(71)74-32-43-18-20-44(72-7)21-19-43)46-31-61-70(42(46)2)39-57-34-55(3)33-56(4,35-57)37-58(36-55,38-57)75-27-26-67(5)6/h12-13,16-23,30-31H,11,14-15,24-29,32-40H2,1-10H3/b63-54-. The van der Waals surface area contributed by atoms with Crippen molar-refractivity contribution in [2.24, 2.45) is 26.4 Å². The van der Waals surface area contributed by atoms with Crippen LogP contribution in [0.25, 0.3) is 31.8 Å². The summed E-state index contributed by atoms with van der Waals surface area (Å²) in [6, 6.07) is 22.7. The highest BCUT2D eigenvalue weighted by atomic mass is 32.1. The van der Waals surface area contributed by atoms with E-state index in [0.29, 0.717) is 55.2 Å². The summed E-state index contributed by atoms with van der Waals surface area (Å²) in [5.41, 5.74) is 14.5. The van der Waals surface area contributed by atoms with Gasteiger partial charge in [0.05, 0.1) is 35.7 Å². The van der Waals surface area contributed by atoms with Gasteiger partial charge in [-0.1, -0.05) is 80.6 Å². The van der Waals surface area contributed by atoms with Crippen LogP contribution in [0.3, 0.4) is 0 Å². The number of unbranched alkanes of at least 4 members (excludes halogenated alkanes) is 2. The number of para-hydroxylation sites is 1. The van der Waals surface area contributed by atoms with E-state index >= 15 is 0 Å². The molecule has 77 heavy (non-hydrogen) atoms. The third kappa shape index (κ3) is 13.2. The molecule has 0 aliphatic heterocycles. The molecule has 2 atom stereocenters. The van der Waals surface area contributed by atoms with Gasteiger partial charge in [-0.05, 0) is 161 Å². The number of anilines is 2. The van der Waals surface area contributed by atoms with Gasteiger partial charge in [-0.25, -0.2) is 9.78 Å². The average Bonchev–Trinajstić information content (AvgIpc) is 3.95. The van der Waals surface area contributed by atoms with E-state index in [1.54, 1.807) is 18.4 Å². The number of methoxy groups -OCH3 is 1. The molecule has 0 spiro atoms. The molecule has 0 saturated heterocycles. The Morgan fingerprint density at radius 1 is 0.883 bits per heavy atom. The monoisotopic (exact) mass is 1080 g/mol. The Labute approximate surface area is 458 Å². The first-order valence-electron chi connectivity index (χ1n) is 27.3. The lowest BCUT2D eigenvalue weighted by Gasteiger charge is -2.69. The quantitative estimate of drug-likeness (QED) is 0.0133. The highest BCUT2D eigenvalue weighted by molar-refractivity contribution is 7.16. The van der Waals surface area contributed by atoms with Crippen molar-refractivity contribution in [1.29, 1.82) is 0 Å². The molecule has 4 fully saturated rings. The maximum atomic E-state index is 14.7. The first-order chi connectivity index (χ1) is 36.8. The minimum absolute atomic E-state index is 0.0244. The molecule has 2 unspecified atom stereocenters. The fourth-order valence-electron chi connectivity index (χ4n) is 13.3. The SMILES string of the molecule is COc1ccc(COC(=O)c2nc(N(CCCCCN=[N+]=[N-])c3cc(C)c(/N=c4\sc5ccccc5n4COCC[Si](C)(C)C)nn3)ccc2-c2cnn(CC34CC5(C)CC(C)(C3)CC(OCCN(C)C)(C5)C4)c2C)cc1. The van der Waals surface area contributed by atoms with Gasteiger partial charge in [0.1, 0.15) is 24.9 Å². The number of nitrogens with zero attached hydrogens (tertiary/aromatic N) is 12. The number of azide groups is 1. The molecule has 6 aromatic rings. The zero-order chi connectivity index (χ0) is 54.6. The van der Waals surface area contributed by atoms with E-state index in [1.165, 1.54) is 6.42 Å². The number of aromatic nitrogens is 6. The van der Waals surface area contributed by atoms with Crippen LogP contribution in [-0.2, 0) is 34.1 Å². The number of fused-ring (bicyclic) bond motifs is 1. The van der Waals surface area contributed by atoms with Gasteiger partial charge >= 0.3 is 5.97 Å². The van der Waals surface area contributed by atoms with E-state index in [2.05, 4.69) is 90.8 Å². The van der Waals surface area contributed by atoms with Gasteiger partial charge in [-0.3, -0.25) is 9.25 Å². The number of hydrogen-bond donors (Lipinski definition) is 0. The molecule has 4 aliphatic carbocycles. The summed E-state index contributed by atoms with van der Waals surface area (Å²) in [5, 5.41) is 18.4. The molecular weight excluding hydrogens is 1000 g/mol. The van der Waals surface area contributed by atoms with Crippen LogP contribution in [0.1, 0.15) is 98.9 Å². The number of likely N-dealkylation sites (N-methyl/N-ethyl adjacent to an activating group) is 1. The number of thiazole rings is 1. The first-order valence-corrected chi connectivity index (χ1v) is 31.8. The lowest BCUT2D eigenvalue weighted by molar-refractivity contribution is -0.248. The zero-order valence-corrected chi connectivity index (χ0v) is 48.8. The third-order valence-corrected chi connectivity index (χ3v) is 18.6. The van der Waals surface area contributed by atoms with Crippen LogP contribution in [0, 0.1) is 30.1 Å². The molecule has 2 aromatic carbocycles. The summed E-state index contributed by atoms with van der Waals surface area (Å²) >= 11 is 1.59. The van der Waals surface area contributed by atoms with Crippen molar-refractivity contribution in [2.75, 3.05) is 59.0 Å². The fourth-order valence-corrected chi connectivity index (χ4v) is 15.1. The van der Waals surface area contributed by atoms with Crippen molar-refractivity contribution < 1.29 is 23.7 Å². The van der Waals surface area contributed by atoms with E-state index in [4.69, 9.17) is 49.8 Å². The van der Waals surface area contributed by atoms with Gasteiger partial charge in [-0.2, -0.15) is 10.1 Å². The molecule has 0 N–H and O–H groups in total. The maximum absolute atomic E-state index is 14.7. The number of rotatable bonds is 25. The summed E-state index contributed by atoms with van der Waals surface area (Å²) in [4.78, 5) is 32.9. The number of esters is 1. The molecule has 0 radical (unpaired) electrons. The van der Waals surface area contributed by atoms with Crippen LogP contribution in [-0.4, -0.2) is 108 Å². The number of carbonyl (C=O) groups is 1. The molecule has 4 aromatic heterocycles. The van der Waals surface area contributed by atoms with Gasteiger partial charge in [0.2, 0.25) is 0 Å². The van der Waals surface area contributed by atoms with Gasteiger partial charge in [0.15, 0.2) is 22.1 Å². The van der Waals surface area contributed by atoms with Crippen LogP contribution in [0.2, 0.25) is 25.7 Å². The van der Waals surface area contributed by atoms with Crippen LogP contribution in [0.5, 0.6) is 5.75 Å². The topological polar surface area (TPSA) is 183 Å². The molecule has 4 saturated carbocycles. The number of pyridine rings is 1. The largest absolute Gasteiger partial charge is 0.497 e. The van der Waals surface area contributed by atoms with Crippen LogP contribution in [0.4, 0.5) is 17.5 Å². The van der Waals surface area contributed by atoms with Crippen molar-refractivity contribution in [3.63, 3.8) is 0 Å². The predicted molar refractivity (Wildman–Crippen MR) is 307 cm³/mol. The Hall–Kier alpha value is -5.95. The Kier molecular flexibility index (Phi) is 16.8. The lowest BCUT2D eigenvalue weighted by Crippen LogP contribution is -2.64. The van der Waals surface area contributed by atoms with Gasteiger partial charge in [-0.15, -0.1) is 10.2 Å². The molecule has 410 valence electrons. The molecule has 17 nitrogen and oxygen atoms in total. The second-order valence-corrected chi connectivity index (χ2v) is 31.1. The van der Waals surface area contributed by atoms with Gasteiger partial charge in [0, 0.05) is 62.6 Å². The Morgan fingerprint density at radius 2 is 1.65 bits per heavy atom. The summed E-state index contributed by atoms with van der Waals surface area (Å²) in [6.07, 6.45) is 10.9. The van der Waals surface area contributed by atoms with Crippen molar-refractivity contribution in [1.82, 2.24) is 34.4 Å². The van der Waals surface area contributed by atoms with Gasteiger partial charge < -0.3 is 28.7 Å². The van der Waals surface area contributed by atoms with Gasteiger partial charge in [0.25, 0.3) is 0 Å². The van der Waals surface area contributed by atoms with Crippen molar-refractivity contribution in [2.45, 2.75) is 137 Å². The van der Waals surface area contributed by atoms with Crippen molar-refractivity contribution >= 4 is 53.1 Å². The van der Waals surface area contributed by atoms with Crippen molar-refractivity contribution in [3.8, 4) is 16.9 Å². The number of aryl methyl sites for hydroxylation is 1. The smallest absolute Gasteiger partial charge is 0.358 e. The highest BCUT2D eigenvalue weighted by Gasteiger charge is 2.66. The normalized spacial score (nSPS) is 22.0. The minimum atomic E-state index is -1.28. The molecule has 19 heteroatoms. The Bertz CT molecular complexity index is 3160. The molecular formula is C58H78N12O5SSi. The molecule has 10 rings (SSSR count). The maximum Gasteiger partial charge on any atom is 0.358 e. The number of hydrogen-bond acceptors (Lipinski definition) is 14. The first kappa shape index (κ1) is 55.8. The van der Waals surface area contributed by atoms with Crippen molar-refractivity contribution in [3.05, 3.63) is 111 Å². The molecule has 4 heterocycles. The van der Waals surface area contributed by atoms with Crippen LogP contribution < -0.4 is 14.4 Å². The second-order valence-electron chi connectivity index (χ2n) is 24.4. The van der Waals surface area contributed by atoms with Crippen LogP contribution in [0.15, 0.2) is 83.0 Å². The fraction of sp³-hybridized carbons (Fsp3) is 0.552. The molecule has 4 aliphatic rings. The van der Waals surface area contributed by atoms with Crippen LogP contribution >= 0.6 is 11.3 Å². The number of ether oxygens (including phenoxy) is 4. The summed E-state index contributed by atoms with van der Waals surface area (Å²) < 4.78 is 30.1. The number of carbonyl (C=O) groups excluding carboxylic acids is 1. The Balaban J connectivity index is 1.06. The lowest BCUT2D eigenvalue weighted by atomic mass is 9.39. The summed E-state index contributed by atoms with van der Waals surface area (Å²) in [7, 11) is 4.56. The van der Waals surface area contributed by atoms with E-state index in [0.717, 1.165) is 115 Å². The summed E-state index contributed by atoms with van der Waals surface area (Å²) in [6.45, 7) is 20.5. The Morgan fingerprint density at radius 3 is 2.36 bits per heavy atom. The number of benzene rings is 2. The molecule has 0 amide bonds.